The topological polar surface area (TPSA) is 102 Å². The van der Waals surface area contributed by atoms with E-state index in [1.54, 1.807) is 24.3 Å². The number of nitrogens with one attached hydrogen (secondary N) is 1. The Hall–Kier alpha value is -3.62. The van der Waals surface area contributed by atoms with Gasteiger partial charge in [0.2, 0.25) is 11.7 Å². The van der Waals surface area contributed by atoms with Gasteiger partial charge in [0, 0.05) is 23.4 Å². The van der Waals surface area contributed by atoms with Crippen LogP contribution in [0.1, 0.15) is 28.4 Å². The van der Waals surface area contributed by atoms with E-state index in [0.29, 0.717) is 34.2 Å². The molecule has 0 aromatic heterocycles. The van der Waals surface area contributed by atoms with Crippen molar-refractivity contribution in [3.63, 3.8) is 0 Å². The van der Waals surface area contributed by atoms with Crippen molar-refractivity contribution in [3.8, 4) is 28.7 Å². The molecule has 1 heterocycles. The maximum Gasteiger partial charge on any atom is 0.343 e. The highest BCUT2D eigenvalue weighted by Crippen LogP contribution is 2.43. The summed E-state index contributed by atoms with van der Waals surface area (Å²) in [5.74, 6) is 1.00. The van der Waals surface area contributed by atoms with Crippen LogP contribution in [0.3, 0.4) is 0 Å². The van der Waals surface area contributed by atoms with Crippen molar-refractivity contribution in [2.45, 2.75) is 12.5 Å². The van der Waals surface area contributed by atoms with Crippen molar-refractivity contribution in [2.75, 3.05) is 40.9 Å². The van der Waals surface area contributed by atoms with Gasteiger partial charge in [-0.3, -0.25) is 4.79 Å². The number of benzene rings is 2. The Bertz CT molecular complexity index is 947. The summed E-state index contributed by atoms with van der Waals surface area (Å²) in [6, 6.07) is 6.59. The van der Waals surface area contributed by atoms with Crippen molar-refractivity contribution >= 4 is 17.6 Å². The molecule has 1 N–H and O–H groups in total. The molecule has 0 aliphatic carbocycles. The summed E-state index contributed by atoms with van der Waals surface area (Å²) in [4.78, 5) is 25.0. The zero-order chi connectivity index (χ0) is 21.8. The number of esters is 1. The Morgan fingerprint density at radius 3 is 2.03 bits per heavy atom. The smallest absolute Gasteiger partial charge is 0.343 e. The molecule has 0 radical (unpaired) electrons. The monoisotopic (exact) mass is 417 g/mol. The Morgan fingerprint density at radius 1 is 0.900 bits per heavy atom. The summed E-state index contributed by atoms with van der Waals surface area (Å²) in [5.41, 5.74) is 1.28. The van der Waals surface area contributed by atoms with E-state index >= 15 is 0 Å². The van der Waals surface area contributed by atoms with Crippen LogP contribution in [-0.2, 0) is 9.53 Å². The Morgan fingerprint density at radius 2 is 1.50 bits per heavy atom. The second-order valence-corrected chi connectivity index (χ2v) is 6.33. The van der Waals surface area contributed by atoms with Gasteiger partial charge in [-0.15, -0.1) is 0 Å². The number of carbonyl (C=O) groups is 2. The minimum Gasteiger partial charge on any atom is -0.493 e. The van der Waals surface area contributed by atoms with Crippen LogP contribution in [0.4, 0.5) is 5.69 Å². The standard InChI is InChI=1S/C21H23NO8/c1-25-13-7-6-12-14(30-21(24)18(12)20(13)29-5)10-17(23)22-11-8-15(26-2)19(28-4)16(9-11)27-3/h6-9,14H,10H2,1-5H3,(H,22,23). The van der Waals surface area contributed by atoms with E-state index in [-0.39, 0.29) is 23.6 Å². The molecule has 0 fully saturated rings. The van der Waals surface area contributed by atoms with E-state index in [1.165, 1.54) is 35.5 Å². The number of methoxy groups -OCH3 is 5. The number of cyclic esters (lactones) is 1. The third-order valence-electron chi connectivity index (χ3n) is 4.70. The molecule has 9 heteroatoms. The van der Waals surface area contributed by atoms with E-state index in [4.69, 9.17) is 28.4 Å². The third-order valence-corrected chi connectivity index (χ3v) is 4.70. The van der Waals surface area contributed by atoms with Gasteiger partial charge in [0.25, 0.3) is 0 Å². The molecular formula is C21H23NO8. The van der Waals surface area contributed by atoms with Gasteiger partial charge in [-0.2, -0.15) is 0 Å². The molecule has 0 spiro atoms. The largest absolute Gasteiger partial charge is 0.493 e. The second kappa shape index (κ2) is 8.81. The molecular weight excluding hydrogens is 394 g/mol. The lowest BCUT2D eigenvalue weighted by Crippen LogP contribution is -2.16. The molecule has 0 saturated carbocycles. The summed E-state index contributed by atoms with van der Waals surface area (Å²) in [7, 11) is 7.38. The number of ether oxygens (including phenoxy) is 6. The summed E-state index contributed by atoms with van der Waals surface area (Å²) in [6.07, 6.45) is -0.820. The predicted molar refractivity (Wildman–Crippen MR) is 107 cm³/mol. The lowest BCUT2D eigenvalue weighted by atomic mass is 10.0. The minimum absolute atomic E-state index is 0.0785. The molecule has 1 aliphatic heterocycles. The van der Waals surface area contributed by atoms with Crippen LogP contribution in [0.5, 0.6) is 28.7 Å². The first-order chi connectivity index (χ1) is 14.5. The molecule has 1 unspecified atom stereocenters. The summed E-state index contributed by atoms with van der Waals surface area (Å²) in [5, 5.41) is 2.76. The highest BCUT2D eigenvalue weighted by Gasteiger charge is 2.37. The molecule has 0 bridgehead atoms. The number of fused-ring (bicyclic) bond motifs is 1. The van der Waals surface area contributed by atoms with Crippen LogP contribution in [0.2, 0.25) is 0 Å². The normalized spacial score (nSPS) is 14.4. The lowest BCUT2D eigenvalue weighted by molar-refractivity contribution is -0.118. The van der Waals surface area contributed by atoms with Gasteiger partial charge in [0.05, 0.1) is 42.0 Å². The van der Waals surface area contributed by atoms with E-state index in [1.807, 2.05) is 0 Å². The van der Waals surface area contributed by atoms with Crippen molar-refractivity contribution in [2.24, 2.45) is 0 Å². The molecule has 160 valence electrons. The zero-order valence-electron chi connectivity index (χ0n) is 17.4. The SMILES string of the molecule is COc1cc(NC(=O)CC2OC(=O)c3c2ccc(OC)c3OC)cc(OC)c1OC. The lowest BCUT2D eigenvalue weighted by Gasteiger charge is -2.15. The van der Waals surface area contributed by atoms with E-state index in [2.05, 4.69) is 5.32 Å². The van der Waals surface area contributed by atoms with Crippen molar-refractivity contribution in [1.82, 2.24) is 0 Å². The molecule has 2 aromatic carbocycles. The molecule has 2 aromatic rings. The quantitative estimate of drug-likeness (QED) is 0.654. The highest BCUT2D eigenvalue weighted by atomic mass is 16.6. The summed E-state index contributed by atoms with van der Waals surface area (Å²) < 4.78 is 31.8. The number of carbonyl (C=O) groups excluding carboxylic acids is 2. The van der Waals surface area contributed by atoms with E-state index < -0.39 is 12.1 Å². The van der Waals surface area contributed by atoms with Crippen LogP contribution in [0, 0.1) is 0 Å². The number of rotatable bonds is 8. The summed E-state index contributed by atoms with van der Waals surface area (Å²) >= 11 is 0. The Kier molecular flexibility index (Phi) is 6.20. The maximum absolute atomic E-state index is 12.6. The Labute approximate surface area is 173 Å². The fourth-order valence-corrected chi connectivity index (χ4v) is 3.36. The average molecular weight is 417 g/mol. The number of hydrogen-bond donors (Lipinski definition) is 1. The maximum atomic E-state index is 12.6. The van der Waals surface area contributed by atoms with Crippen LogP contribution >= 0.6 is 0 Å². The first-order valence-electron chi connectivity index (χ1n) is 9.03. The van der Waals surface area contributed by atoms with E-state index in [0.717, 1.165) is 0 Å². The van der Waals surface area contributed by atoms with Gasteiger partial charge in [0.15, 0.2) is 23.0 Å². The minimum atomic E-state index is -0.741. The summed E-state index contributed by atoms with van der Waals surface area (Å²) in [6.45, 7) is 0. The van der Waals surface area contributed by atoms with Crippen molar-refractivity contribution in [3.05, 3.63) is 35.4 Å². The van der Waals surface area contributed by atoms with Gasteiger partial charge in [-0.25, -0.2) is 4.79 Å². The second-order valence-electron chi connectivity index (χ2n) is 6.33. The zero-order valence-corrected chi connectivity index (χ0v) is 17.4. The third kappa shape index (κ3) is 3.78. The number of anilines is 1. The number of hydrogen-bond acceptors (Lipinski definition) is 8. The Balaban J connectivity index is 1.81. The average Bonchev–Trinajstić information content (AvgIpc) is 3.07. The molecule has 1 amide bonds. The molecule has 3 rings (SSSR count). The first kappa shape index (κ1) is 21.1. The van der Waals surface area contributed by atoms with Gasteiger partial charge in [0.1, 0.15) is 11.7 Å². The van der Waals surface area contributed by atoms with Crippen molar-refractivity contribution in [1.29, 1.82) is 0 Å². The number of amides is 1. The molecule has 9 nitrogen and oxygen atoms in total. The van der Waals surface area contributed by atoms with Crippen LogP contribution in [-0.4, -0.2) is 47.4 Å². The highest BCUT2D eigenvalue weighted by molar-refractivity contribution is 5.99. The van der Waals surface area contributed by atoms with Crippen molar-refractivity contribution < 1.29 is 38.0 Å². The fourth-order valence-electron chi connectivity index (χ4n) is 3.36. The fraction of sp³-hybridized carbons (Fsp3) is 0.333. The molecule has 1 aliphatic rings. The first-order valence-corrected chi connectivity index (χ1v) is 9.03. The van der Waals surface area contributed by atoms with Crippen LogP contribution in [0.25, 0.3) is 0 Å². The van der Waals surface area contributed by atoms with E-state index in [9.17, 15) is 9.59 Å². The predicted octanol–water partition coefficient (Wildman–Crippen LogP) is 2.97. The molecule has 1 atom stereocenters. The van der Waals surface area contributed by atoms with Crippen LogP contribution in [0.15, 0.2) is 24.3 Å². The van der Waals surface area contributed by atoms with Gasteiger partial charge < -0.3 is 33.7 Å². The van der Waals surface area contributed by atoms with Gasteiger partial charge in [-0.1, -0.05) is 6.07 Å². The molecule has 0 saturated heterocycles. The van der Waals surface area contributed by atoms with Gasteiger partial charge >= 0.3 is 5.97 Å². The van der Waals surface area contributed by atoms with Crippen LogP contribution < -0.4 is 29.0 Å². The van der Waals surface area contributed by atoms with Gasteiger partial charge in [-0.05, 0) is 6.07 Å². The molecule has 30 heavy (non-hydrogen) atoms.